The number of amides is 12. The number of para-hydroxylation sites is 6. The minimum atomic E-state index is -2.48. The minimum absolute atomic E-state index is 0.0972. The van der Waals surface area contributed by atoms with Crippen LogP contribution in [0.25, 0.3) is 0 Å². The molecule has 120 heavy (non-hydrogen) atoms. The van der Waals surface area contributed by atoms with Crippen molar-refractivity contribution in [1.82, 2.24) is 20.9 Å². The van der Waals surface area contributed by atoms with Crippen LogP contribution in [-0.2, 0) is 0 Å². The number of nitrogens with one attached hydrogen (secondary N) is 12. The van der Waals surface area contributed by atoms with Gasteiger partial charge in [-0.1, -0.05) is 143 Å². The van der Waals surface area contributed by atoms with Crippen LogP contribution in [0.1, 0.15) is 158 Å². The number of rotatable bonds is 42. The normalized spacial score (nSPS) is 11.0. The fourth-order valence-electron chi connectivity index (χ4n) is 12.2. The number of hydrogen-bond acceptors (Lipinski definition) is 10. The summed E-state index contributed by atoms with van der Waals surface area (Å²) in [5, 5.41) is 42.0. The number of nitrogens with zero attached hydrogens (tertiary/aromatic N) is 3. The highest BCUT2D eigenvalue weighted by atomic mass is 19.2. The zero-order valence-electron chi connectivity index (χ0n) is 68.3. The number of benzene rings is 6. The molecule has 12 N–H and O–H groups in total. The lowest BCUT2D eigenvalue weighted by Gasteiger charge is -2.39. The van der Waals surface area contributed by atoms with E-state index in [9.17, 15) is 94.6 Å². The van der Waals surface area contributed by atoms with Crippen molar-refractivity contribution in [2.75, 3.05) is 139 Å². The molecule has 0 saturated heterocycles. The quantitative estimate of drug-likeness (QED) is 0.00744. The summed E-state index contributed by atoms with van der Waals surface area (Å²) in [6.45, 7) is 29.0. The number of unbranched alkanes of at least 4 members (excludes halogenated alkanes) is 8. The Balaban J connectivity index is 0.000000801. The van der Waals surface area contributed by atoms with E-state index in [1.165, 1.54) is 253 Å². The summed E-state index contributed by atoms with van der Waals surface area (Å²) in [5.74, 6) is -35.6. The lowest BCUT2D eigenvalue weighted by molar-refractivity contribution is -0.929. The first-order chi connectivity index (χ1) is 57.1. The smallest absolute Gasteiger partial charge is 0.323 e. The van der Waals surface area contributed by atoms with Crippen molar-refractivity contribution in [3.05, 3.63) is 160 Å². The molecule has 0 aliphatic rings. The van der Waals surface area contributed by atoms with E-state index in [4.69, 9.17) is 15.0 Å². The minimum Gasteiger partial charge on any atom is -0.652 e. The van der Waals surface area contributed by atoms with Gasteiger partial charge in [0.1, 0.15) is 17.1 Å². The topological polar surface area (TPSA) is 313 Å². The Morgan fingerprint density at radius 1 is 0.258 bits per heavy atom. The molecule has 0 unspecified atom stereocenters. The SMILES string of the molecule is CCCC[N+](CCCC)(CCCC)CCCC.CCCC[N+](CCCC)(CCCC)CCCC.O=C(NCCN(CCNC(=O)Nc1ccccc1NC(=O)Nc1c(F)c(F)c(F)c(F)c1F)CCNC(=O)Nc1ccccc1NC(=O)Nc1c(F)c(F)c(F)c(F)c1F)Nc1ccccc1NC(=O)Nc1c(F)c(F)c(F)c(F)c1F.O=C([O-])[O-]. The molecule has 0 fully saturated rings. The van der Waals surface area contributed by atoms with Gasteiger partial charge in [-0.05, 0) is 93.9 Å². The Hall–Kier alpha value is -11.0. The van der Waals surface area contributed by atoms with Crippen LogP contribution < -0.4 is 74.0 Å². The van der Waals surface area contributed by atoms with E-state index in [1.807, 2.05) is 0 Å². The van der Waals surface area contributed by atoms with Crippen LogP contribution in [0.5, 0.6) is 0 Å². The van der Waals surface area contributed by atoms with Crippen molar-refractivity contribution in [2.45, 2.75) is 158 Å². The Morgan fingerprint density at radius 3 is 0.567 bits per heavy atom. The molecule has 0 aliphatic carbocycles. The number of quaternary nitrogens is 2. The van der Waals surface area contributed by atoms with Crippen molar-refractivity contribution in [2.24, 2.45) is 0 Å². The summed E-state index contributed by atoms with van der Waals surface area (Å²) in [6.07, 6.45) is 19.8. The third kappa shape index (κ3) is 34.0. The highest BCUT2D eigenvalue weighted by molar-refractivity contribution is 6.06. The summed E-state index contributed by atoms with van der Waals surface area (Å²) < 4.78 is 211. The maximum Gasteiger partial charge on any atom is 0.323 e. The highest BCUT2D eigenvalue weighted by Gasteiger charge is 2.32. The van der Waals surface area contributed by atoms with E-state index in [2.05, 4.69) is 103 Å². The predicted molar refractivity (Wildman–Crippen MR) is 428 cm³/mol. The van der Waals surface area contributed by atoms with Gasteiger partial charge in [0.25, 0.3) is 0 Å². The molecule has 12 amide bonds. The Bertz CT molecular complexity index is 3740. The lowest BCUT2D eigenvalue weighted by Crippen LogP contribution is -2.50. The van der Waals surface area contributed by atoms with Gasteiger partial charge < -0.3 is 87.8 Å². The van der Waals surface area contributed by atoms with Crippen LogP contribution in [0, 0.1) is 87.3 Å². The van der Waals surface area contributed by atoms with Crippen LogP contribution in [0.4, 0.5) is 151 Å². The number of carbonyl (C=O) groups is 7. The van der Waals surface area contributed by atoms with E-state index in [1.54, 1.807) is 4.90 Å². The number of carboxylic acid groups (broad SMARTS) is 2. The highest BCUT2D eigenvalue weighted by Crippen LogP contribution is 2.33. The molecule has 666 valence electrons. The number of hydrogen-bond donors (Lipinski definition) is 12. The molecular formula is C81H108F15N15O9. The van der Waals surface area contributed by atoms with Crippen molar-refractivity contribution < 1.29 is 119 Å². The summed E-state index contributed by atoms with van der Waals surface area (Å²) in [5.41, 5.74) is -6.25. The third-order valence-electron chi connectivity index (χ3n) is 18.6. The largest absolute Gasteiger partial charge is 0.652 e. The van der Waals surface area contributed by atoms with E-state index < -0.39 is 147 Å². The Morgan fingerprint density at radius 2 is 0.408 bits per heavy atom. The van der Waals surface area contributed by atoms with Crippen molar-refractivity contribution in [3.63, 3.8) is 0 Å². The molecule has 6 rings (SSSR count). The molecule has 39 heteroatoms. The molecule has 0 bridgehead atoms. The second-order valence-corrected chi connectivity index (χ2v) is 27.7. The summed E-state index contributed by atoms with van der Waals surface area (Å²) >= 11 is 0. The van der Waals surface area contributed by atoms with E-state index in [-0.39, 0.29) is 73.4 Å². The van der Waals surface area contributed by atoms with Crippen LogP contribution in [0.2, 0.25) is 0 Å². The molecule has 0 radical (unpaired) electrons. The monoisotopic (exact) mass is 1720 g/mol. The molecule has 0 saturated carbocycles. The van der Waals surface area contributed by atoms with Gasteiger partial charge in [0.15, 0.2) is 69.8 Å². The molecule has 0 aromatic heterocycles. The van der Waals surface area contributed by atoms with Crippen LogP contribution in [0.3, 0.4) is 0 Å². The molecule has 6 aromatic rings. The maximum absolute atomic E-state index is 14.2. The maximum atomic E-state index is 14.2. The van der Waals surface area contributed by atoms with E-state index in [0.29, 0.717) is 0 Å². The van der Waals surface area contributed by atoms with Crippen molar-refractivity contribution >= 4 is 93.5 Å². The molecule has 6 aromatic carbocycles. The number of urea groups is 6. The van der Waals surface area contributed by atoms with Crippen molar-refractivity contribution in [1.29, 1.82) is 0 Å². The fraction of sp³-hybridized carbons (Fsp3) is 0.469. The van der Waals surface area contributed by atoms with Crippen LogP contribution >= 0.6 is 0 Å². The van der Waals surface area contributed by atoms with Gasteiger partial charge in [0, 0.05) is 39.3 Å². The summed E-state index contributed by atoms with van der Waals surface area (Å²) in [7, 11) is 0. The number of carbonyl (C=O) groups excluding carboxylic acids is 7. The van der Waals surface area contributed by atoms with Gasteiger partial charge in [-0.15, -0.1) is 0 Å². The molecule has 0 aliphatic heterocycles. The molecule has 0 atom stereocenters. The second kappa shape index (κ2) is 54.3. The molecule has 24 nitrogen and oxygen atoms in total. The summed E-state index contributed by atoms with van der Waals surface area (Å²) in [4.78, 5) is 86.8. The first-order valence-corrected chi connectivity index (χ1v) is 39.6. The average Bonchev–Trinajstić information content (AvgIpc) is 0.803. The first kappa shape index (κ1) is 103. The first-order valence-electron chi connectivity index (χ1n) is 39.6. The van der Waals surface area contributed by atoms with Gasteiger partial charge in [-0.2, -0.15) is 0 Å². The van der Waals surface area contributed by atoms with Gasteiger partial charge in [-0.25, -0.2) is 94.6 Å². The van der Waals surface area contributed by atoms with Gasteiger partial charge in [0.2, 0.25) is 17.5 Å². The van der Waals surface area contributed by atoms with Gasteiger partial charge >= 0.3 is 36.2 Å². The van der Waals surface area contributed by atoms with Gasteiger partial charge in [0.05, 0.1) is 86.5 Å². The van der Waals surface area contributed by atoms with Crippen LogP contribution in [0.15, 0.2) is 72.8 Å². The zero-order valence-corrected chi connectivity index (χ0v) is 68.3. The number of anilines is 9. The van der Waals surface area contributed by atoms with Crippen molar-refractivity contribution in [3.8, 4) is 0 Å². The molecular weight excluding hydrogens is 1610 g/mol. The number of halogens is 15. The Labute approximate surface area is 688 Å². The lowest BCUT2D eigenvalue weighted by atomic mass is 10.1. The molecule has 0 heterocycles. The Kier molecular flexibility index (Phi) is 46.7. The standard InChI is InChI=1S/C48H36F15N13O6.2C16H36N.CH2O3/c49-25-28(52)34(58)40(35(59)29(25)53)73-46(80)70-22-10-4-1-7-19(22)67-43(77)64-13-16-76(17-14-65-44(78)68-20-8-2-5-11-23(20)71-47(81)74-41-36(60)30(54)26(50)31(55)37(41)61)18-15-66-45(79)69-21-9-3-6-12-24(21)72-48(82)75-42-38(62)32(56)27(51)33(57)39(42)63;2*1-5-9-13-17(14-10-6-2,15-11-7-3)16-12-8-4;2-1(3)4/h1-12H,13-18H2,(H2,64,67,77)(H2,65,68,78)(H2,66,69,79)(H2,70,73,80)(H2,71,74,81)(H2,72,75,82);2*5-16H2,1-4H3;(H2,2,3,4)/q;2*+1;/p-2. The van der Waals surface area contributed by atoms with E-state index >= 15 is 0 Å². The fourth-order valence-corrected chi connectivity index (χ4v) is 12.2. The second-order valence-electron chi connectivity index (χ2n) is 27.7. The van der Waals surface area contributed by atoms with Gasteiger partial charge in [-0.3, -0.25) is 4.90 Å². The summed E-state index contributed by atoms with van der Waals surface area (Å²) in [6, 6.07) is 7.99. The average molecular weight is 1720 g/mol. The zero-order chi connectivity index (χ0) is 89.7. The van der Waals surface area contributed by atoms with E-state index in [0.717, 1.165) is 0 Å². The molecule has 0 spiro atoms. The third-order valence-corrected chi connectivity index (χ3v) is 18.6. The predicted octanol–water partition coefficient (Wildman–Crippen LogP) is 18.3. The van der Waals surface area contributed by atoms with Crippen LogP contribution in [-0.4, -0.2) is 148 Å².